The molecule has 1 N–H and O–H groups in total. The maximum absolute atomic E-state index is 12.4. The van der Waals surface area contributed by atoms with Crippen LogP contribution in [0, 0.1) is 0 Å². The van der Waals surface area contributed by atoms with E-state index in [4.69, 9.17) is 9.47 Å². The van der Waals surface area contributed by atoms with Crippen LogP contribution in [0.2, 0.25) is 0 Å². The first-order chi connectivity index (χ1) is 14.8. The quantitative estimate of drug-likeness (QED) is 0.603. The predicted molar refractivity (Wildman–Crippen MR) is 112 cm³/mol. The largest absolute Gasteiger partial charge is 0.493 e. The number of hydrogen-bond donors (Lipinski definition) is 1. The highest BCUT2D eigenvalue weighted by atomic mass is 19.4. The molecule has 1 aromatic rings. The average Bonchev–Trinajstić information content (AvgIpc) is 3.02. The maximum atomic E-state index is 12.4. The molecule has 1 saturated heterocycles. The van der Waals surface area contributed by atoms with E-state index in [-0.39, 0.29) is 23.4 Å². The van der Waals surface area contributed by atoms with E-state index < -0.39 is 12.8 Å². The minimum Gasteiger partial charge on any atom is -0.493 e. The molecule has 1 amide bonds. The fourth-order valence-corrected chi connectivity index (χ4v) is 4.56. The van der Waals surface area contributed by atoms with Gasteiger partial charge in [0.1, 0.15) is 0 Å². The van der Waals surface area contributed by atoms with Crippen molar-refractivity contribution in [1.29, 1.82) is 0 Å². The van der Waals surface area contributed by atoms with Crippen LogP contribution in [-0.4, -0.2) is 55.9 Å². The first-order valence-electron chi connectivity index (χ1n) is 11.2. The van der Waals surface area contributed by atoms with Gasteiger partial charge < -0.3 is 14.8 Å². The van der Waals surface area contributed by atoms with E-state index in [2.05, 4.69) is 10.2 Å². The van der Waals surface area contributed by atoms with Crippen molar-refractivity contribution in [2.24, 2.45) is 0 Å². The van der Waals surface area contributed by atoms with Crippen LogP contribution in [-0.2, 0) is 11.2 Å². The third-order valence-electron chi connectivity index (χ3n) is 6.19. The van der Waals surface area contributed by atoms with Gasteiger partial charge in [-0.2, -0.15) is 13.2 Å². The highest BCUT2D eigenvalue weighted by Crippen LogP contribution is 2.30. The molecule has 1 heterocycles. The van der Waals surface area contributed by atoms with Crippen LogP contribution in [0.25, 0.3) is 0 Å². The Balaban J connectivity index is 1.44. The number of amides is 1. The number of methoxy groups -OCH3 is 1. The minimum atomic E-state index is -4.41. The molecule has 1 unspecified atom stereocenters. The molecule has 0 bridgehead atoms. The molecule has 5 nitrogen and oxygen atoms in total. The van der Waals surface area contributed by atoms with E-state index in [1.54, 1.807) is 12.1 Å². The molecule has 0 radical (unpaired) electrons. The van der Waals surface area contributed by atoms with Crippen molar-refractivity contribution in [3.63, 3.8) is 0 Å². The molecule has 1 aliphatic carbocycles. The number of hydrogen-bond acceptors (Lipinski definition) is 4. The zero-order valence-corrected chi connectivity index (χ0v) is 18.2. The van der Waals surface area contributed by atoms with Gasteiger partial charge in [0.05, 0.1) is 7.11 Å². The highest BCUT2D eigenvalue weighted by Gasteiger charge is 2.30. The number of ether oxygens (including phenoxy) is 2. The number of carbonyl (C=O) groups is 1. The number of aryl methyl sites for hydroxylation is 1. The van der Waals surface area contributed by atoms with E-state index in [0.29, 0.717) is 18.9 Å². The molecular weight excluding hydrogens is 409 g/mol. The van der Waals surface area contributed by atoms with Crippen molar-refractivity contribution in [2.75, 3.05) is 26.8 Å². The smallest absolute Gasteiger partial charge is 0.422 e. The summed E-state index contributed by atoms with van der Waals surface area (Å²) in [6.07, 6.45) is 5.22. The first-order valence-corrected chi connectivity index (χ1v) is 11.2. The first kappa shape index (κ1) is 23.7. The molecular formula is C23H33F3N2O3. The number of benzene rings is 1. The van der Waals surface area contributed by atoms with E-state index >= 15 is 0 Å². The van der Waals surface area contributed by atoms with E-state index in [0.717, 1.165) is 25.1 Å². The Labute approximate surface area is 182 Å². The second-order valence-corrected chi connectivity index (χ2v) is 8.58. The molecule has 1 aromatic carbocycles. The second-order valence-electron chi connectivity index (χ2n) is 8.58. The Bertz CT molecular complexity index is 719. The normalized spacial score (nSPS) is 21.0. The molecule has 2 aliphatic rings. The van der Waals surface area contributed by atoms with Crippen LogP contribution in [0.5, 0.6) is 11.5 Å². The molecule has 8 heteroatoms. The van der Waals surface area contributed by atoms with E-state index in [1.807, 2.05) is 0 Å². The van der Waals surface area contributed by atoms with Crippen LogP contribution in [0.15, 0.2) is 18.2 Å². The fraction of sp³-hybridized carbons (Fsp3) is 0.696. The van der Waals surface area contributed by atoms with Crippen LogP contribution >= 0.6 is 0 Å². The predicted octanol–water partition coefficient (Wildman–Crippen LogP) is 4.48. The number of nitrogens with zero attached hydrogens (tertiary/aromatic N) is 1. The summed E-state index contributed by atoms with van der Waals surface area (Å²) < 4.78 is 47.0. The molecule has 3 rings (SSSR count). The third kappa shape index (κ3) is 7.59. The van der Waals surface area contributed by atoms with Crippen molar-refractivity contribution < 1.29 is 27.4 Å². The summed E-state index contributed by atoms with van der Waals surface area (Å²) in [5.74, 6) is 0.277. The fourth-order valence-electron chi connectivity index (χ4n) is 4.56. The number of rotatable bonds is 8. The number of likely N-dealkylation sites (tertiary alicyclic amines) is 1. The zero-order chi connectivity index (χ0) is 22.3. The van der Waals surface area contributed by atoms with Crippen molar-refractivity contribution >= 4 is 5.91 Å². The van der Waals surface area contributed by atoms with Gasteiger partial charge in [0.25, 0.3) is 0 Å². The molecule has 0 aromatic heterocycles. The van der Waals surface area contributed by atoms with Crippen molar-refractivity contribution in [3.05, 3.63) is 23.8 Å². The third-order valence-corrected chi connectivity index (χ3v) is 6.19. The minimum absolute atomic E-state index is 0.00378. The lowest BCUT2D eigenvalue weighted by Crippen LogP contribution is -2.39. The van der Waals surface area contributed by atoms with Gasteiger partial charge in [-0.3, -0.25) is 9.69 Å². The Morgan fingerprint density at radius 3 is 2.55 bits per heavy atom. The Morgan fingerprint density at radius 2 is 1.87 bits per heavy atom. The molecule has 1 aliphatic heterocycles. The van der Waals surface area contributed by atoms with Gasteiger partial charge in [0.15, 0.2) is 18.1 Å². The van der Waals surface area contributed by atoms with E-state index in [1.165, 1.54) is 51.7 Å². The summed E-state index contributed by atoms with van der Waals surface area (Å²) in [6, 6.07) is 5.62. The van der Waals surface area contributed by atoms with Crippen LogP contribution in [0.1, 0.15) is 56.9 Å². The Kier molecular flexibility index (Phi) is 8.46. The van der Waals surface area contributed by atoms with Crippen LogP contribution in [0.3, 0.4) is 0 Å². The monoisotopic (exact) mass is 442 g/mol. The Hall–Kier alpha value is -1.96. The SMILES string of the molecule is COc1cc(CCC(=O)NC2CCN(C3CCCCCC3)C2)ccc1OCC(F)(F)F. The summed E-state index contributed by atoms with van der Waals surface area (Å²) in [7, 11) is 1.38. The number of nitrogens with one attached hydrogen (secondary N) is 1. The number of halogens is 3. The van der Waals surface area contributed by atoms with E-state index in [9.17, 15) is 18.0 Å². The molecule has 31 heavy (non-hydrogen) atoms. The van der Waals surface area contributed by atoms with Gasteiger partial charge in [0, 0.05) is 31.6 Å². The summed E-state index contributed by atoms with van der Waals surface area (Å²) in [4.78, 5) is 15.0. The lowest BCUT2D eigenvalue weighted by Gasteiger charge is -2.26. The summed E-state index contributed by atoms with van der Waals surface area (Å²) in [5.41, 5.74) is 0.817. The Morgan fingerprint density at radius 1 is 1.13 bits per heavy atom. The number of carbonyl (C=O) groups excluding carboxylic acids is 1. The molecule has 2 fully saturated rings. The highest BCUT2D eigenvalue weighted by molar-refractivity contribution is 5.76. The van der Waals surface area contributed by atoms with Gasteiger partial charge in [-0.15, -0.1) is 0 Å². The van der Waals surface area contributed by atoms with Gasteiger partial charge in [-0.05, 0) is 43.4 Å². The summed E-state index contributed by atoms with van der Waals surface area (Å²) in [6.45, 7) is 0.603. The van der Waals surface area contributed by atoms with Crippen molar-refractivity contribution in [3.8, 4) is 11.5 Å². The summed E-state index contributed by atoms with van der Waals surface area (Å²) >= 11 is 0. The van der Waals surface area contributed by atoms with Crippen molar-refractivity contribution in [2.45, 2.75) is 76.0 Å². The molecule has 0 spiro atoms. The standard InChI is InChI=1S/C23H33F3N2O3/c1-30-21-14-17(8-10-20(21)31-16-23(24,25)26)9-11-22(29)27-18-12-13-28(15-18)19-6-4-2-3-5-7-19/h8,10,14,18-19H,2-7,9,11-13,15-16H2,1H3,(H,27,29). The van der Waals surface area contributed by atoms with Crippen molar-refractivity contribution in [1.82, 2.24) is 10.2 Å². The van der Waals surface area contributed by atoms with Crippen LogP contribution in [0.4, 0.5) is 13.2 Å². The summed E-state index contributed by atoms with van der Waals surface area (Å²) in [5, 5.41) is 3.15. The number of alkyl halides is 3. The zero-order valence-electron chi connectivity index (χ0n) is 18.2. The molecule has 1 saturated carbocycles. The molecule has 174 valence electrons. The topological polar surface area (TPSA) is 50.8 Å². The molecule has 1 atom stereocenters. The second kappa shape index (κ2) is 11.1. The maximum Gasteiger partial charge on any atom is 0.422 e. The van der Waals surface area contributed by atoms with Gasteiger partial charge in [-0.25, -0.2) is 0 Å². The van der Waals surface area contributed by atoms with Crippen LogP contribution < -0.4 is 14.8 Å². The lowest BCUT2D eigenvalue weighted by atomic mass is 10.1. The van der Waals surface area contributed by atoms with Gasteiger partial charge >= 0.3 is 6.18 Å². The van der Waals surface area contributed by atoms with Gasteiger partial charge in [-0.1, -0.05) is 31.7 Å². The lowest BCUT2D eigenvalue weighted by molar-refractivity contribution is -0.153. The van der Waals surface area contributed by atoms with Gasteiger partial charge in [0.2, 0.25) is 5.91 Å². The average molecular weight is 443 g/mol.